The Morgan fingerprint density at radius 1 is 1.12 bits per heavy atom. The van der Waals surface area contributed by atoms with E-state index in [1.54, 1.807) is 6.26 Å². The predicted octanol–water partition coefficient (Wildman–Crippen LogP) is 4.35. The Bertz CT molecular complexity index is 1020. The summed E-state index contributed by atoms with van der Waals surface area (Å²) in [6, 6.07) is 6.80. The molecular weight excluding hydrogens is 479 g/mol. The van der Waals surface area contributed by atoms with E-state index in [2.05, 4.69) is 14.8 Å². The van der Waals surface area contributed by atoms with Crippen LogP contribution in [0.4, 0.5) is 27.6 Å². The second-order valence-electron chi connectivity index (χ2n) is 6.37. The van der Waals surface area contributed by atoms with E-state index in [-0.39, 0.29) is 17.9 Å². The van der Waals surface area contributed by atoms with E-state index in [0.29, 0.717) is 11.8 Å². The van der Waals surface area contributed by atoms with Gasteiger partial charge in [-0.1, -0.05) is 6.07 Å². The number of halogens is 5. The standard InChI is InChI=1S/C19H19F5N2O4S2/c1-31-10-9-16(17(27)25-13-5-7-14(8-6-13)30-18(20)21)26-32(28,29)15-4-2-3-12(11-15)19(22,23)24/h2-8,11,16,18,26H,9-10H2,1H3,(H,25,27)/t16-/m1/s1. The molecule has 0 aromatic heterocycles. The van der Waals surface area contributed by atoms with Crippen molar-refractivity contribution in [3.05, 3.63) is 54.1 Å². The predicted molar refractivity (Wildman–Crippen MR) is 110 cm³/mol. The Kier molecular flexibility index (Phi) is 8.87. The average molecular weight is 498 g/mol. The first-order valence-electron chi connectivity index (χ1n) is 8.96. The maximum absolute atomic E-state index is 12.9. The third-order valence-corrected chi connectivity index (χ3v) is 6.16. The third kappa shape index (κ3) is 7.64. The molecule has 0 spiro atoms. The minimum Gasteiger partial charge on any atom is -0.435 e. The van der Waals surface area contributed by atoms with Crippen LogP contribution in [0.3, 0.4) is 0 Å². The van der Waals surface area contributed by atoms with Crippen molar-refractivity contribution in [2.24, 2.45) is 0 Å². The SMILES string of the molecule is CSCC[C@@H](NS(=O)(=O)c1cccc(C(F)(F)F)c1)C(=O)Nc1ccc(OC(F)F)cc1. The number of amides is 1. The minimum atomic E-state index is -4.73. The molecular formula is C19H19F5N2O4S2. The average Bonchev–Trinajstić information content (AvgIpc) is 2.71. The zero-order chi connectivity index (χ0) is 23.9. The second kappa shape index (κ2) is 11.0. The molecule has 0 aliphatic heterocycles. The zero-order valence-electron chi connectivity index (χ0n) is 16.5. The molecule has 0 heterocycles. The number of anilines is 1. The highest BCUT2D eigenvalue weighted by Gasteiger charge is 2.32. The first kappa shape index (κ1) is 25.9. The number of ether oxygens (including phenoxy) is 1. The van der Waals surface area contributed by atoms with Crippen LogP contribution in [0.1, 0.15) is 12.0 Å². The summed E-state index contributed by atoms with van der Waals surface area (Å²) in [6.45, 7) is -3.02. The summed E-state index contributed by atoms with van der Waals surface area (Å²) in [5.41, 5.74) is -0.958. The van der Waals surface area contributed by atoms with Gasteiger partial charge in [-0.15, -0.1) is 0 Å². The zero-order valence-corrected chi connectivity index (χ0v) is 18.2. The summed E-state index contributed by atoms with van der Waals surface area (Å²) >= 11 is 1.34. The van der Waals surface area contributed by atoms with Crippen molar-refractivity contribution in [2.45, 2.75) is 30.1 Å². The number of nitrogens with one attached hydrogen (secondary N) is 2. The van der Waals surface area contributed by atoms with E-state index in [1.165, 1.54) is 36.0 Å². The lowest BCUT2D eigenvalue weighted by molar-refractivity contribution is -0.137. The topological polar surface area (TPSA) is 84.5 Å². The van der Waals surface area contributed by atoms with Gasteiger partial charge >= 0.3 is 12.8 Å². The van der Waals surface area contributed by atoms with Crippen LogP contribution in [-0.4, -0.2) is 39.0 Å². The van der Waals surface area contributed by atoms with Crippen molar-refractivity contribution in [1.29, 1.82) is 0 Å². The molecule has 2 rings (SSSR count). The number of sulfonamides is 1. The van der Waals surface area contributed by atoms with Gasteiger partial charge in [0.25, 0.3) is 0 Å². The van der Waals surface area contributed by atoms with Crippen LogP contribution >= 0.6 is 11.8 Å². The monoisotopic (exact) mass is 498 g/mol. The second-order valence-corrected chi connectivity index (χ2v) is 9.07. The molecule has 13 heteroatoms. The summed E-state index contributed by atoms with van der Waals surface area (Å²) in [5.74, 6) is -0.524. The summed E-state index contributed by atoms with van der Waals surface area (Å²) in [5, 5.41) is 2.44. The van der Waals surface area contributed by atoms with Gasteiger partial charge in [0.15, 0.2) is 0 Å². The molecule has 32 heavy (non-hydrogen) atoms. The molecule has 176 valence electrons. The van der Waals surface area contributed by atoms with Gasteiger partial charge in [-0.25, -0.2) is 8.42 Å². The molecule has 1 amide bonds. The fourth-order valence-electron chi connectivity index (χ4n) is 2.52. The highest BCUT2D eigenvalue weighted by atomic mass is 32.2. The molecule has 0 saturated heterocycles. The quantitative estimate of drug-likeness (QED) is 0.476. The van der Waals surface area contributed by atoms with Gasteiger partial charge in [0.1, 0.15) is 11.8 Å². The maximum Gasteiger partial charge on any atom is 0.416 e. The Hall–Kier alpha value is -2.38. The van der Waals surface area contributed by atoms with Crippen molar-refractivity contribution in [3.8, 4) is 5.75 Å². The number of rotatable bonds is 10. The molecule has 0 bridgehead atoms. The van der Waals surface area contributed by atoms with Crippen LogP contribution in [0.15, 0.2) is 53.4 Å². The third-order valence-electron chi connectivity index (χ3n) is 4.04. The molecule has 0 fully saturated rings. The molecule has 2 N–H and O–H groups in total. The number of hydrogen-bond donors (Lipinski definition) is 2. The molecule has 2 aromatic rings. The van der Waals surface area contributed by atoms with Gasteiger partial charge in [-0.2, -0.15) is 38.4 Å². The molecule has 1 atom stereocenters. The molecule has 2 aromatic carbocycles. The van der Waals surface area contributed by atoms with Gasteiger partial charge in [-0.05, 0) is 60.9 Å². The van der Waals surface area contributed by atoms with Crippen LogP contribution in [0.2, 0.25) is 0 Å². The summed E-state index contributed by atoms with van der Waals surface area (Å²) in [7, 11) is -4.45. The lowest BCUT2D eigenvalue weighted by Gasteiger charge is -2.19. The Morgan fingerprint density at radius 3 is 2.34 bits per heavy atom. The Labute approximate surface area is 185 Å². The van der Waals surface area contributed by atoms with Crippen molar-refractivity contribution >= 4 is 33.4 Å². The number of benzene rings is 2. The fraction of sp³-hybridized carbons (Fsp3) is 0.316. The van der Waals surface area contributed by atoms with Crippen molar-refractivity contribution < 1.29 is 39.9 Å². The number of thioether (sulfide) groups is 1. The van der Waals surface area contributed by atoms with Crippen LogP contribution < -0.4 is 14.8 Å². The normalized spacial score (nSPS) is 13.1. The molecule has 6 nitrogen and oxygen atoms in total. The van der Waals surface area contributed by atoms with Crippen molar-refractivity contribution in [2.75, 3.05) is 17.3 Å². The summed E-state index contributed by atoms with van der Waals surface area (Å²) in [4.78, 5) is 12.0. The molecule has 0 unspecified atom stereocenters. The number of carbonyl (C=O) groups excluding carboxylic acids is 1. The van der Waals surface area contributed by atoms with E-state index < -0.39 is 45.2 Å². The Balaban J connectivity index is 2.19. The van der Waals surface area contributed by atoms with Crippen LogP contribution in [0.25, 0.3) is 0 Å². The number of hydrogen-bond acceptors (Lipinski definition) is 5. The largest absolute Gasteiger partial charge is 0.435 e. The van der Waals surface area contributed by atoms with Crippen LogP contribution in [0, 0.1) is 0 Å². The molecule has 0 radical (unpaired) electrons. The van der Waals surface area contributed by atoms with E-state index >= 15 is 0 Å². The van der Waals surface area contributed by atoms with E-state index in [9.17, 15) is 35.2 Å². The Morgan fingerprint density at radius 2 is 1.78 bits per heavy atom. The first-order valence-corrected chi connectivity index (χ1v) is 11.8. The van der Waals surface area contributed by atoms with E-state index in [4.69, 9.17) is 0 Å². The van der Waals surface area contributed by atoms with Gasteiger partial charge in [0.2, 0.25) is 15.9 Å². The highest BCUT2D eigenvalue weighted by Crippen LogP contribution is 2.30. The maximum atomic E-state index is 12.9. The fourth-order valence-corrected chi connectivity index (χ4v) is 4.27. The van der Waals surface area contributed by atoms with Gasteiger partial charge in [0, 0.05) is 5.69 Å². The van der Waals surface area contributed by atoms with Crippen molar-refractivity contribution in [3.63, 3.8) is 0 Å². The van der Waals surface area contributed by atoms with Crippen LogP contribution in [-0.2, 0) is 21.0 Å². The van der Waals surface area contributed by atoms with Gasteiger partial charge in [-0.3, -0.25) is 4.79 Å². The summed E-state index contributed by atoms with van der Waals surface area (Å²) in [6.07, 6.45) is -2.95. The van der Waals surface area contributed by atoms with Gasteiger partial charge < -0.3 is 10.1 Å². The van der Waals surface area contributed by atoms with E-state index in [1.807, 2.05) is 0 Å². The van der Waals surface area contributed by atoms with Crippen LogP contribution in [0.5, 0.6) is 5.75 Å². The lowest BCUT2D eigenvalue weighted by Crippen LogP contribution is -2.44. The lowest BCUT2D eigenvalue weighted by atomic mass is 10.2. The molecule has 0 saturated carbocycles. The smallest absolute Gasteiger partial charge is 0.416 e. The number of carbonyl (C=O) groups is 1. The minimum absolute atomic E-state index is 0.0533. The van der Waals surface area contributed by atoms with Crippen molar-refractivity contribution in [1.82, 2.24) is 4.72 Å². The highest BCUT2D eigenvalue weighted by molar-refractivity contribution is 7.98. The summed E-state index contributed by atoms with van der Waals surface area (Å²) < 4.78 is 94.8. The molecule has 0 aliphatic carbocycles. The van der Waals surface area contributed by atoms with Gasteiger partial charge in [0.05, 0.1) is 10.5 Å². The van der Waals surface area contributed by atoms with E-state index in [0.717, 1.165) is 18.2 Å². The first-order chi connectivity index (χ1) is 14.9. The number of alkyl halides is 5. The molecule has 0 aliphatic rings.